The maximum absolute atomic E-state index is 12.6. The fraction of sp³-hybridized carbons (Fsp3) is 0.100. The molecule has 0 unspecified atom stereocenters. The number of hydrogen-bond donors (Lipinski definition) is 3. The van der Waals surface area contributed by atoms with Gasteiger partial charge in [0.1, 0.15) is 0 Å². The number of urea groups is 1. The number of nitrogens with zero attached hydrogens (tertiary/aromatic N) is 1. The van der Waals surface area contributed by atoms with Crippen LogP contribution in [-0.2, 0) is 26.4 Å². The van der Waals surface area contributed by atoms with E-state index in [1.165, 1.54) is 48.5 Å². The van der Waals surface area contributed by atoms with Crippen molar-refractivity contribution < 1.29 is 21.6 Å². The standard InChI is InChI=1S/C20H20N4O5S2/c1-30(26,27)19-6-2-5-17(12-19)24-31(28,29)18-9-7-16(8-10-18)23-20(25)22-14-15-4-3-11-21-13-15/h2-13,24H,14H2,1H3,(H2,22,23,25). The number of hydrogen-bond acceptors (Lipinski definition) is 6. The van der Waals surface area contributed by atoms with Crippen LogP contribution in [0.5, 0.6) is 0 Å². The van der Waals surface area contributed by atoms with Crippen LogP contribution in [0.15, 0.2) is 82.8 Å². The van der Waals surface area contributed by atoms with E-state index < -0.39 is 25.9 Å². The van der Waals surface area contributed by atoms with Crippen LogP contribution >= 0.6 is 0 Å². The molecule has 0 atom stereocenters. The second-order valence-corrected chi connectivity index (χ2v) is 10.3. The highest BCUT2D eigenvalue weighted by molar-refractivity contribution is 7.92. The van der Waals surface area contributed by atoms with E-state index in [0.717, 1.165) is 11.8 Å². The lowest BCUT2D eigenvalue weighted by molar-refractivity contribution is 0.251. The fourth-order valence-electron chi connectivity index (χ4n) is 2.58. The summed E-state index contributed by atoms with van der Waals surface area (Å²) in [6.45, 7) is 0.294. The molecule has 0 aliphatic heterocycles. The second kappa shape index (κ2) is 9.14. The van der Waals surface area contributed by atoms with E-state index in [2.05, 4.69) is 20.3 Å². The van der Waals surface area contributed by atoms with Crippen molar-refractivity contribution in [1.82, 2.24) is 10.3 Å². The minimum atomic E-state index is -3.95. The van der Waals surface area contributed by atoms with Crippen molar-refractivity contribution >= 4 is 37.3 Å². The molecule has 3 N–H and O–H groups in total. The van der Waals surface area contributed by atoms with Crippen molar-refractivity contribution in [2.75, 3.05) is 16.3 Å². The average molecular weight is 461 g/mol. The number of anilines is 2. The van der Waals surface area contributed by atoms with Gasteiger partial charge in [0, 0.05) is 30.9 Å². The summed E-state index contributed by atoms with van der Waals surface area (Å²) in [4.78, 5) is 15.9. The third-order valence-corrected chi connectivity index (χ3v) is 6.62. The lowest BCUT2D eigenvalue weighted by atomic mass is 10.3. The largest absolute Gasteiger partial charge is 0.334 e. The molecule has 1 aromatic heterocycles. The quantitative estimate of drug-likeness (QED) is 0.496. The van der Waals surface area contributed by atoms with E-state index in [1.54, 1.807) is 18.5 Å². The Hall–Kier alpha value is -3.44. The summed E-state index contributed by atoms with van der Waals surface area (Å²) in [6, 6.07) is 14.2. The molecule has 0 radical (unpaired) electrons. The van der Waals surface area contributed by atoms with Crippen LogP contribution in [0.25, 0.3) is 0 Å². The molecule has 0 saturated heterocycles. The third kappa shape index (κ3) is 6.27. The normalized spacial score (nSPS) is 11.5. The lowest BCUT2D eigenvalue weighted by Crippen LogP contribution is -2.28. The third-order valence-electron chi connectivity index (χ3n) is 4.11. The monoisotopic (exact) mass is 460 g/mol. The summed E-state index contributed by atoms with van der Waals surface area (Å²) in [5, 5.41) is 5.28. The molecule has 0 aliphatic carbocycles. The van der Waals surface area contributed by atoms with Gasteiger partial charge in [0.05, 0.1) is 15.5 Å². The summed E-state index contributed by atoms with van der Waals surface area (Å²) in [7, 11) is -7.42. The Morgan fingerprint density at radius 2 is 1.65 bits per heavy atom. The number of benzene rings is 2. The van der Waals surface area contributed by atoms with Gasteiger partial charge in [-0.25, -0.2) is 21.6 Å². The van der Waals surface area contributed by atoms with Gasteiger partial charge >= 0.3 is 6.03 Å². The predicted octanol–water partition coefficient (Wildman–Crippen LogP) is 2.61. The summed E-state index contributed by atoms with van der Waals surface area (Å²) in [5.74, 6) is 0. The number of sulfone groups is 1. The molecular formula is C20H20N4O5S2. The Morgan fingerprint density at radius 1 is 0.903 bits per heavy atom. The van der Waals surface area contributed by atoms with E-state index in [0.29, 0.717) is 12.2 Å². The molecule has 2 amide bonds. The number of carbonyl (C=O) groups excluding carboxylic acids is 1. The van der Waals surface area contributed by atoms with E-state index >= 15 is 0 Å². The Balaban J connectivity index is 1.64. The highest BCUT2D eigenvalue weighted by Crippen LogP contribution is 2.20. The predicted molar refractivity (Wildman–Crippen MR) is 117 cm³/mol. The Kier molecular flexibility index (Phi) is 6.56. The first-order chi connectivity index (χ1) is 14.6. The van der Waals surface area contributed by atoms with Crippen molar-refractivity contribution in [2.24, 2.45) is 0 Å². The minimum Gasteiger partial charge on any atom is -0.334 e. The highest BCUT2D eigenvalue weighted by atomic mass is 32.2. The zero-order valence-electron chi connectivity index (χ0n) is 16.4. The van der Waals surface area contributed by atoms with Crippen LogP contribution in [0.3, 0.4) is 0 Å². The summed E-state index contributed by atoms with van der Waals surface area (Å²) in [5.41, 5.74) is 1.37. The van der Waals surface area contributed by atoms with Gasteiger partial charge < -0.3 is 10.6 Å². The molecule has 3 aromatic rings. The van der Waals surface area contributed by atoms with Gasteiger partial charge in [0.15, 0.2) is 9.84 Å². The number of sulfonamides is 1. The van der Waals surface area contributed by atoms with E-state index in [-0.39, 0.29) is 15.5 Å². The molecular weight excluding hydrogens is 440 g/mol. The molecule has 2 aromatic carbocycles. The summed E-state index contributed by atoms with van der Waals surface area (Å²) < 4.78 is 50.8. The van der Waals surface area contributed by atoms with Crippen molar-refractivity contribution in [3.8, 4) is 0 Å². The van der Waals surface area contributed by atoms with Crippen LogP contribution in [0, 0.1) is 0 Å². The fourth-order valence-corrected chi connectivity index (χ4v) is 4.30. The molecule has 3 rings (SSSR count). The maximum atomic E-state index is 12.6. The number of rotatable bonds is 7. The SMILES string of the molecule is CS(=O)(=O)c1cccc(NS(=O)(=O)c2ccc(NC(=O)NCc3cccnc3)cc2)c1. The molecule has 1 heterocycles. The highest BCUT2D eigenvalue weighted by Gasteiger charge is 2.16. The van der Waals surface area contributed by atoms with E-state index in [4.69, 9.17) is 0 Å². The van der Waals surface area contributed by atoms with Crippen LogP contribution in [-0.4, -0.2) is 34.1 Å². The maximum Gasteiger partial charge on any atom is 0.319 e. The van der Waals surface area contributed by atoms with Crippen molar-refractivity contribution in [1.29, 1.82) is 0 Å². The Morgan fingerprint density at radius 3 is 2.29 bits per heavy atom. The lowest BCUT2D eigenvalue weighted by Gasteiger charge is -2.11. The van der Waals surface area contributed by atoms with Crippen molar-refractivity contribution in [3.63, 3.8) is 0 Å². The zero-order valence-corrected chi connectivity index (χ0v) is 18.1. The molecule has 162 valence electrons. The number of aromatic nitrogens is 1. The first kappa shape index (κ1) is 22.2. The summed E-state index contributed by atoms with van der Waals surface area (Å²) in [6.07, 6.45) is 4.31. The van der Waals surface area contributed by atoms with Gasteiger partial charge in [-0.15, -0.1) is 0 Å². The molecule has 0 bridgehead atoms. The Bertz CT molecular complexity index is 1280. The molecule has 0 aliphatic rings. The molecule has 31 heavy (non-hydrogen) atoms. The first-order valence-electron chi connectivity index (χ1n) is 9.00. The van der Waals surface area contributed by atoms with Crippen LogP contribution in [0.4, 0.5) is 16.2 Å². The number of amides is 2. The van der Waals surface area contributed by atoms with Crippen LogP contribution in [0.1, 0.15) is 5.56 Å². The molecule has 0 fully saturated rings. The zero-order chi connectivity index (χ0) is 22.5. The van der Waals surface area contributed by atoms with Gasteiger partial charge in [-0.1, -0.05) is 12.1 Å². The first-order valence-corrected chi connectivity index (χ1v) is 12.4. The van der Waals surface area contributed by atoms with Gasteiger partial charge in [-0.2, -0.15) is 0 Å². The molecule has 9 nitrogen and oxygen atoms in total. The van der Waals surface area contributed by atoms with Gasteiger partial charge in [-0.05, 0) is 54.1 Å². The van der Waals surface area contributed by atoms with Crippen LogP contribution < -0.4 is 15.4 Å². The minimum absolute atomic E-state index is 0.00421. The number of carbonyl (C=O) groups is 1. The topological polar surface area (TPSA) is 134 Å². The molecule has 0 spiro atoms. The second-order valence-electron chi connectivity index (χ2n) is 6.60. The van der Waals surface area contributed by atoms with E-state index in [9.17, 15) is 21.6 Å². The number of pyridine rings is 1. The van der Waals surface area contributed by atoms with Crippen LogP contribution in [0.2, 0.25) is 0 Å². The summed E-state index contributed by atoms with van der Waals surface area (Å²) >= 11 is 0. The van der Waals surface area contributed by atoms with Gasteiger partial charge in [0.2, 0.25) is 0 Å². The van der Waals surface area contributed by atoms with E-state index in [1.807, 2.05) is 6.07 Å². The van der Waals surface area contributed by atoms with Gasteiger partial charge in [0.25, 0.3) is 10.0 Å². The molecule has 0 saturated carbocycles. The number of nitrogens with one attached hydrogen (secondary N) is 3. The van der Waals surface area contributed by atoms with Gasteiger partial charge in [-0.3, -0.25) is 9.71 Å². The smallest absolute Gasteiger partial charge is 0.319 e. The molecule has 11 heteroatoms. The Labute approximate surface area is 180 Å². The van der Waals surface area contributed by atoms with Crippen molar-refractivity contribution in [3.05, 3.63) is 78.6 Å². The average Bonchev–Trinajstić information content (AvgIpc) is 2.73. The van der Waals surface area contributed by atoms with Crippen molar-refractivity contribution in [2.45, 2.75) is 16.3 Å².